The summed E-state index contributed by atoms with van der Waals surface area (Å²) in [5.41, 5.74) is -2.87. The number of hydrogen-bond donors (Lipinski definition) is 2. The first-order valence-corrected chi connectivity index (χ1v) is 11.8. The van der Waals surface area contributed by atoms with E-state index in [4.69, 9.17) is 9.47 Å². The van der Waals surface area contributed by atoms with Crippen LogP contribution in [0.4, 0.5) is 32.3 Å². The number of nitrogens with one attached hydrogen (secondary N) is 1. The molecule has 1 aromatic heterocycles. The number of benzene rings is 2. The van der Waals surface area contributed by atoms with Gasteiger partial charge >= 0.3 is 18.3 Å². The van der Waals surface area contributed by atoms with E-state index < -0.39 is 29.4 Å². The zero-order chi connectivity index (χ0) is 30.8. The minimum atomic E-state index is -4.80. The van der Waals surface area contributed by atoms with Crippen molar-refractivity contribution in [1.29, 1.82) is 0 Å². The highest BCUT2D eigenvalue weighted by Crippen LogP contribution is 2.36. The molecule has 0 spiro atoms. The van der Waals surface area contributed by atoms with Crippen molar-refractivity contribution in [3.63, 3.8) is 0 Å². The summed E-state index contributed by atoms with van der Waals surface area (Å²) in [6.45, 7) is 1.22. The van der Waals surface area contributed by atoms with Gasteiger partial charge in [-0.3, -0.25) is 0 Å². The number of halogens is 6. The Bertz CT molecular complexity index is 1270. The lowest BCUT2D eigenvalue weighted by atomic mass is 10.0. The summed E-state index contributed by atoms with van der Waals surface area (Å²) in [5.74, 6) is -0.0594. The number of carbonyl (C=O) groups is 1. The molecule has 0 fully saturated rings. The number of carboxylic acid groups (broad SMARTS) is 1. The highest BCUT2D eigenvalue weighted by atomic mass is 19.4. The van der Waals surface area contributed by atoms with Crippen molar-refractivity contribution in [3.05, 3.63) is 76.2 Å². The fourth-order valence-corrected chi connectivity index (χ4v) is 3.17. The summed E-state index contributed by atoms with van der Waals surface area (Å²) in [6.07, 6.45) is -8.38. The third-order valence-electron chi connectivity index (χ3n) is 5.09. The molecule has 0 amide bonds. The van der Waals surface area contributed by atoms with E-state index in [1.807, 2.05) is 19.0 Å². The van der Waals surface area contributed by atoms with E-state index in [1.165, 1.54) is 20.4 Å². The van der Waals surface area contributed by atoms with Gasteiger partial charge in [0.15, 0.2) is 11.5 Å². The summed E-state index contributed by atoms with van der Waals surface area (Å²) in [6, 6.07) is 8.37. The van der Waals surface area contributed by atoms with Crippen LogP contribution in [-0.2, 0) is 18.9 Å². The third-order valence-corrected chi connectivity index (χ3v) is 5.09. The maximum absolute atomic E-state index is 12.4. The van der Waals surface area contributed by atoms with Crippen molar-refractivity contribution in [2.24, 2.45) is 0 Å². The van der Waals surface area contributed by atoms with Crippen LogP contribution in [-0.4, -0.2) is 67.3 Å². The fraction of sp³-hybridized carbons (Fsp3) is 0.346. The van der Waals surface area contributed by atoms with Crippen molar-refractivity contribution in [2.45, 2.75) is 18.9 Å². The van der Waals surface area contributed by atoms with Gasteiger partial charge in [0, 0.05) is 13.1 Å². The molecule has 15 heteroatoms. The number of methoxy groups -OCH3 is 1. The lowest BCUT2D eigenvalue weighted by Gasteiger charge is -2.17. The molecule has 9 nitrogen and oxygen atoms in total. The number of likely N-dealkylation sites (N-methyl/N-ethyl adjacent to an activating group) is 1. The monoisotopic (exact) mass is 588 g/mol. The second-order valence-corrected chi connectivity index (χ2v) is 8.59. The van der Waals surface area contributed by atoms with E-state index in [1.54, 1.807) is 24.3 Å². The molecule has 2 N–H and O–H groups in total. The molecule has 2 aromatic carbocycles. The Balaban J connectivity index is 0.000000305. The second-order valence-electron chi connectivity index (χ2n) is 8.59. The van der Waals surface area contributed by atoms with Crippen LogP contribution in [0, 0.1) is 0 Å². The molecule has 3 aromatic rings. The Morgan fingerprint density at radius 2 is 1.61 bits per heavy atom. The number of para-hydroxylation sites is 2. The predicted molar refractivity (Wildman–Crippen MR) is 139 cm³/mol. The van der Waals surface area contributed by atoms with Gasteiger partial charge in [0.1, 0.15) is 5.56 Å². The summed E-state index contributed by atoms with van der Waals surface area (Å²) in [7, 11) is 6.72. The van der Waals surface area contributed by atoms with Gasteiger partial charge in [0.25, 0.3) is 0 Å². The minimum absolute atomic E-state index is 0.0469. The van der Waals surface area contributed by atoms with Crippen LogP contribution in [0.25, 0.3) is 5.32 Å². The Morgan fingerprint density at radius 3 is 2.10 bits per heavy atom. The molecule has 0 radical (unpaired) electrons. The molecule has 224 valence electrons. The topological polar surface area (TPSA) is 111 Å². The highest BCUT2D eigenvalue weighted by molar-refractivity contribution is 5.90. The van der Waals surface area contributed by atoms with E-state index in [2.05, 4.69) is 20.6 Å². The van der Waals surface area contributed by atoms with Crippen molar-refractivity contribution >= 4 is 11.9 Å². The standard InChI is InChI=1S/C16H20N4O4.C10H8F6N/c1-20(2)9-8-17-16-18-10-11(15(21)22)14(19-16)24-13-7-5-4-6-12(13)23-3;1-17-5-6-2-7(9(11,12)13)4-8(3-6)10(14,15)16/h4-7,10H,8-9H2,1-3H3,(H,21,22)(H,17,18,19);2-4H,5H2,1H3/q;-1. The van der Waals surface area contributed by atoms with Crippen molar-refractivity contribution in [3.8, 4) is 17.4 Å². The third kappa shape index (κ3) is 10.4. The van der Waals surface area contributed by atoms with E-state index >= 15 is 0 Å². The van der Waals surface area contributed by atoms with Crippen LogP contribution in [0.5, 0.6) is 17.4 Å². The number of aromatic carboxylic acids is 1. The number of anilines is 1. The smallest absolute Gasteiger partial charge is 0.416 e. The number of ether oxygens (including phenoxy) is 2. The minimum Gasteiger partial charge on any atom is -0.661 e. The Hall–Kier alpha value is -4.11. The molecule has 0 aliphatic carbocycles. The quantitative estimate of drug-likeness (QED) is 0.270. The van der Waals surface area contributed by atoms with Gasteiger partial charge in [0.2, 0.25) is 11.8 Å². The van der Waals surface area contributed by atoms with Crippen LogP contribution < -0.4 is 14.8 Å². The number of nitrogens with zero attached hydrogens (tertiary/aromatic N) is 4. The van der Waals surface area contributed by atoms with Gasteiger partial charge in [-0.25, -0.2) is 9.78 Å². The molecule has 3 rings (SSSR count). The largest absolute Gasteiger partial charge is 0.661 e. The number of aromatic nitrogens is 2. The van der Waals surface area contributed by atoms with Crippen molar-refractivity contribution in [2.75, 3.05) is 46.7 Å². The number of hydrogen-bond acceptors (Lipinski definition) is 7. The molecule has 0 atom stereocenters. The molecule has 0 aliphatic rings. The van der Waals surface area contributed by atoms with Crippen LogP contribution in [0.1, 0.15) is 27.0 Å². The van der Waals surface area contributed by atoms with E-state index in [0.29, 0.717) is 36.1 Å². The maximum atomic E-state index is 12.4. The maximum Gasteiger partial charge on any atom is 0.416 e. The Morgan fingerprint density at radius 1 is 1.02 bits per heavy atom. The molecule has 0 saturated carbocycles. The Labute approximate surface area is 232 Å². The summed E-state index contributed by atoms with van der Waals surface area (Å²) in [5, 5.41) is 15.8. The van der Waals surface area contributed by atoms with Gasteiger partial charge < -0.3 is 30.1 Å². The predicted octanol–water partition coefficient (Wildman–Crippen LogP) is 6.18. The summed E-state index contributed by atoms with van der Waals surface area (Å²) < 4.78 is 85.1. The molecular weight excluding hydrogens is 560 g/mol. The molecule has 1 heterocycles. The molecule has 0 bridgehead atoms. The Kier molecular flexibility index (Phi) is 11.7. The number of rotatable bonds is 10. The fourth-order valence-electron chi connectivity index (χ4n) is 3.17. The molecular formula is C26H28F6N5O4-. The first-order valence-electron chi connectivity index (χ1n) is 11.8. The number of carboxylic acids is 1. The van der Waals surface area contributed by atoms with E-state index in [0.717, 1.165) is 6.54 Å². The van der Waals surface area contributed by atoms with E-state index in [9.17, 15) is 36.2 Å². The molecule has 0 unspecified atom stereocenters. The van der Waals surface area contributed by atoms with E-state index in [-0.39, 0.29) is 29.6 Å². The first kappa shape index (κ1) is 33.1. The zero-order valence-corrected chi connectivity index (χ0v) is 22.5. The lowest BCUT2D eigenvalue weighted by Crippen LogP contribution is -2.21. The SMILES string of the molecule is COc1ccccc1Oc1nc(NCCN(C)C)ncc1C(=O)O.C[N-]Cc1cc(C(F)(F)F)cc(C(F)(F)F)c1. The highest BCUT2D eigenvalue weighted by Gasteiger charge is 2.36. The van der Waals surface area contributed by atoms with Crippen LogP contribution in [0.15, 0.2) is 48.7 Å². The van der Waals surface area contributed by atoms with Crippen LogP contribution in [0.2, 0.25) is 0 Å². The second kappa shape index (κ2) is 14.5. The van der Waals surface area contributed by atoms with Crippen LogP contribution in [0.3, 0.4) is 0 Å². The average molecular weight is 589 g/mol. The van der Waals surface area contributed by atoms with Crippen LogP contribution >= 0.6 is 0 Å². The van der Waals surface area contributed by atoms with Gasteiger partial charge in [-0.2, -0.15) is 38.4 Å². The summed E-state index contributed by atoms with van der Waals surface area (Å²) in [4.78, 5) is 21.5. The normalized spacial score (nSPS) is 11.5. The van der Waals surface area contributed by atoms with Crippen molar-refractivity contribution < 1.29 is 45.7 Å². The average Bonchev–Trinajstić information content (AvgIpc) is 2.88. The van der Waals surface area contributed by atoms with Gasteiger partial charge in [-0.15, -0.1) is 6.54 Å². The van der Waals surface area contributed by atoms with Gasteiger partial charge in [-0.05, 0) is 44.4 Å². The molecule has 41 heavy (non-hydrogen) atoms. The van der Waals surface area contributed by atoms with Crippen molar-refractivity contribution in [1.82, 2.24) is 14.9 Å². The molecule has 0 saturated heterocycles. The van der Waals surface area contributed by atoms with Gasteiger partial charge in [-0.1, -0.05) is 17.7 Å². The van der Waals surface area contributed by atoms with Gasteiger partial charge in [0.05, 0.1) is 24.4 Å². The zero-order valence-electron chi connectivity index (χ0n) is 22.5. The summed E-state index contributed by atoms with van der Waals surface area (Å²) >= 11 is 0. The first-order chi connectivity index (χ1) is 19.1. The molecule has 0 aliphatic heterocycles. The number of alkyl halides is 6. The lowest BCUT2D eigenvalue weighted by molar-refractivity contribution is -0.143.